The van der Waals surface area contributed by atoms with Gasteiger partial charge in [0.1, 0.15) is 22.9 Å². The van der Waals surface area contributed by atoms with Gasteiger partial charge in [0.05, 0.1) is 11.3 Å². The van der Waals surface area contributed by atoms with E-state index in [0.717, 1.165) is 4.47 Å². The lowest BCUT2D eigenvalue weighted by atomic mass is 10.2. The Hall–Kier alpha value is -1.64. The highest BCUT2D eigenvalue weighted by Gasteiger charge is 2.06. The summed E-state index contributed by atoms with van der Waals surface area (Å²) in [6.07, 6.45) is 0.693. The van der Waals surface area contributed by atoms with E-state index in [1.807, 2.05) is 19.1 Å². The summed E-state index contributed by atoms with van der Waals surface area (Å²) in [7, 11) is 0. The molecule has 96 valence electrons. The lowest BCUT2D eigenvalue weighted by Gasteiger charge is -2.09. The summed E-state index contributed by atoms with van der Waals surface area (Å²) < 4.78 is 0.880. The lowest BCUT2D eigenvalue weighted by molar-refractivity contribution is 0.943. The molecule has 0 fully saturated rings. The summed E-state index contributed by atoms with van der Waals surface area (Å²) in [5.74, 6) is 1.23. The first-order valence-corrected chi connectivity index (χ1v) is 6.79. The first kappa shape index (κ1) is 13.8. The van der Waals surface area contributed by atoms with Gasteiger partial charge in [0.15, 0.2) is 0 Å². The van der Waals surface area contributed by atoms with Crippen LogP contribution < -0.4 is 5.32 Å². The minimum atomic E-state index is 0.378. The zero-order chi connectivity index (χ0) is 13.8. The number of hydrogen-bond donors (Lipinski definition) is 1. The third-order valence-corrected chi connectivity index (χ3v) is 3.11. The van der Waals surface area contributed by atoms with Crippen molar-refractivity contribution in [2.24, 2.45) is 0 Å². The fraction of sp³-hybridized carbons (Fsp3) is 0.154. The molecule has 4 nitrogen and oxygen atoms in total. The molecular weight excluding hydrogens is 328 g/mol. The first-order chi connectivity index (χ1) is 9.12. The first-order valence-electron chi connectivity index (χ1n) is 5.62. The van der Waals surface area contributed by atoms with E-state index < -0.39 is 0 Å². The molecule has 1 aromatic carbocycles. The van der Waals surface area contributed by atoms with Crippen molar-refractivity contribution in [3.63, 3.8) is 0 Å². The number of aromatic nitrogens is 2. The van der Waals surface area contributed by atoms with Crippen molar-refractivity contribution in [3.8, 4) is 6.07 Å². The Balaban J connectivity index is 2.38. The van der Waals surface area contributed by atoms with Gasteiger partial charge in [-0.25, -0.2) is 9.97 Å². The molecule has 0 saturated heterocycles. The fourth-order valence-corrected chi connectivity index (χ4v) is 2.10. The van der Waals surface area contributed by atoms with Gasteiger partial charge in [0.2, 0.25) is 0 Å². The molecule has 1 aromatic heterocycles. The molecule has 19 heavy (non-hydrogen) atoms. The molecule has 1 N–H and O–H groups in total. The monoisotopic (exact) mass is 336 g/mol. The summed E-state index contributed by atoms with van der Waals surface area (Å²) in [5, 5.41) is 12.5. The number of halogens is 2. The van der Waals surface area contributed by atoms with Gasteiger partial charge in [-0.1, -0.05) is 34.5 Å². The number of rotatable bonds is 3. The Morgan fingerprint density at radius 2 is 2.16 bits per heavy atom. The predicted molar refractivity (Wildman–Crippen MR) is 78.6 cm³/mol. The normalized spacial score (nSPS) is 10.0. The van der Waals surface area contributed by atoms with E-state index in [9.17, 15) is 0 Å². The van der Waals surface area contributed by atoms with Crippen LogP contribution in [0.3, 0.4) is 0 Å². The van der Waals surface area contributed by atoms with E-state index in [-0.39, 0.29) is 0 Å². The van der Waals surface area contributed by atoms with E-state index in [0.29, 0.717) is 34.5 Å². The molecule has 0 aliphatic heterocycles. The Labute approximate surface area is 124 Å². The molecule has 0 aliphatic rings. The Bertz CT molecular complexity index is 652. The summed E-state index contributed by atoms with van der Waals surface area (Å²) in [5.41, 5.74) is 1.21. The van der Waals surface area contributed by atoms with Crippen molar-refractivity contribution in [1.29, 1.82) is 5.26 Å². The van der Waals surface area contributed by atoms with Crippen LogP contribution in [0.2, 0.25) is 5.15 Å². The number of benzene rings is 1. The van der Waals surface area contributed by atoms with Crippen LogP contribution in [0, 0.1) is 11.3 Å². The molecule has 0 amide bonds. The van der Waals surface area contributed by atoms with Crippen LogP contribution >= 0.6 is 27.5 Å². The standard InChI is InChI=1S/C13H10BrClN4/c1-2-12-18-11(15)6-13(19-12)17-10-5-9(14)4-3-8(10)7-16/h3-6H,2H2,1H3,(H,17,18,19). The highest BCUT2D eigenvalue weighted by atomic mass is 79.9. The topological polar surface area (TPSA) is 61.6 Å². The second-order valence-electron chi connectivity index (χ2n) is 3.77. The van der Waals surface area contributed by atoms with Crippen molar-refractivity contribution in [1.82, 2.24) is 9.97 Å². The molecule has 2 rings (SSSR count). The SMILES string of the molecule is CCc1nc(Cl)cc(Nc2cc(Br)ccc2C#N)n1. The Morgan fingerprint density at radius 3 is 2.84 bits per heavy atom. The van der Waals surface area contributed by atoms with Crippen LogP contribution in [0.5, 0.6) is 0 Å². The molecule has 0 spiro atoms. The zero-order valence-corrected chi connectivity index (χ0v) is 12.5. The maximum absolute atomic E-state index is 9.08. The highest BCUT2D eigenvalue weighted by Crippen LogP contribution is 2.24. The van der Waals surface area contributed by atoms with Gasteiger partial charge in [0.25, 0.3) is 0 Å². The van der Waals surface area contributed by atoms with Crippen molar-refractivity contribution >= 4 is 39.0 Å². The molecule has 0 radical (unpaired) electrons. The van der Waals surface area contributed by atoms with Crippen molar-refractivity contribution in [2.75, 3.05) is 5.32 Å². The van der Waals surface area contributed by atoms with Gasteiger partial charge in [-0.15, -0.1) is 0 Å². The molecular formula is C13H10BrClN4. The van der Waals surface area contributed by atoms with Crippen molar-refractivity contribution < 1.29 is 0 Å². The van der Waals surface area contributed by atoms with E-state index in [1.165, 1.54) is 0 Å². The van der Waals surface area contributed by atoms with E-state index in [1.54, 1.807) is 12.1 Å². The molecule has 0 atom stereocenters. The minimum Gasteiger partial charge on any atom is -0.339 e. The van der Waals surface area contributed by atoms with Gasteiger partial charge in [-0.3, -0.25) is 0 Å². The second-order valence-corrected chi connectivity index (χ2v) is 5.08. The fourth-order valence-electron chi connectivity index (χ4n) is 1.54. The van der Waals surface area contributed by atoms with Crippen LogP contribution in [-0.2, 0) is 6.42 Å². The Kier molecular flexibility index (Phi) is 4.35. The van der Waals surface area contributed by atoms with Crippen LogP contribution in [0.1, 0.15) is 18.3 Å². The van der Waals surface area contributed by atoms with Gasteiger partial charge in [-0.05, 0) is 18.2 Å². The average Bonchev–Trinajstić information content (AvgIpc) is 2.38. The van der Waals surface area contributed by atoms with Gasteiger partial charge >= 0.3 is 0 Å². The minimum absolute atomic E-state index is 0.378. The third-order valence-electron chi connectivity index (χ3n) is 2.42. The van der Waals surface area contributed by atoms with E-state index in [4.69, 9.17) is 16.9 Å². The molecule has 1 heterocycles. The lowest BCUT2D eigenvalue weighted by Crippen LogP contribution is -2.01. The van der Waals surface area contributed by atoms with Gasteiger partial charge in [0, 0.05) is 17.0 Å². The molecule has 0 aliphatic carbocycles. The summed E-state index contributed by atoms with van der Waals surface area (Å²) in [4.78, 5) is 8.42. The average molecular weight is 338 g/mol. The number of aryl methyl sites for hydroxylation is 1. The van der Waals surface area contributed by atoms with Crippen LogP contribution in [0.4, 0.5) is 11.5 Å². The molecule has 0 unspecified atom stereocenters. The maximum atomic E-state index is 9.08. The van der Waals surface area contributed by atoms with Crippen molar-refractivity contribution in [3.05, 3.63) is 45.3 Å². The van der Waals surface area contributed by atoms with Crippen LogP contribution in [0.15, 0.2) is 28.7 Å². The summed E-state index contributed by atoms with van der Waals surface area (Å²) >= 11 is 9.31. The van der Waals surface area contributed by atoms with Crippen LogP contribution in [-0.4, -0.2) is 9.97 Å². The van der Waals surface area contributed by atoms with Crippen molar-refractivity contribution in [2.45, 2.75) is 13.3 Å². The van der Waals surface area contributed by atoms with Gasteiger partial charge in [-0.2, -0.15) is 5.26 Å². The van der Waals surface area contributed by atoms with Gasteiger partial charge < -0.3 is 5.32 Å². The highest BCUT2D eigenvalue weighted by molar-refractivity contribution is 9.10. The molecule has 6 heteroatoms. The largest absolute Gasteiger partial charge is 0.339 e. The maximum Gasteiger partial charge on any atom is 0.135 e. The van der Waals surface area contributed by atoms with Crippen LogP contribution in [0.25, 0.3) is 0 Å². The number of nitrogens with one attached hydrogen (secondary N) is 1. The zero-order valence-electron chi connectivity index (χ0n) is 10.1. The molecule has 2 aromatic rings. The molecule has 0 bridgehead atoms. The quantitative estimate of drug-likeness (QED) is 0.858. The number of anilines is 2. The smallest absolute Gasteiger partial charge is 0.135 e. The third kappa shape index (κ3) is 3.43. The van der Waals surface area contributed by atoms with E-state index >= 15 is 0 Å². The summed E-state index contributed by atoms with van der Waals surface area (Å²) in [6.45, 7) is 1.95. The number of nitrogens with zero attached hydrogens (tertiary/aromatic N) is 3. The molecule has 0 saturated carbocycles. The Morgan fingerprint density at radius 1 is 1.37 bits per heavy atom. The summed E-state index contributed by atoms with van der Waals surface area (Å²) in [6, 6.07) is 9.12. The number of nitriles is 1. The van der Waals surface area contributed by atoms with E-state index in [2.05, 4.69) is 37.3 Å². The number of hydrogen-bond acceptors (Lipinski definition) is 4. The second kappa shape index (κ2) is 6.00. The predicted octanol–water partition coefficient (Wildman–Crippen LogP) is 4.07.